The van der Waals surface area contributed by atoms with Crippen LogP contribution < -0.4 is 0 Å². The van der Waals surface area contributed by atoms with Crippen LogP contribution in [0.25, 0.3) is 0 Å². The van der Waals surface area contributed by atoms with E-state index in [1.807, 2.05) is 12.2 Å². The van der Waals surface area contributed by atoms with Crippen molar-refractivity contribution >= 4 is 0 Å². The van der Waals surface area contributed by atoms with Crippen molar-refractivity contribution in [3.05, 3.63) is 24.3 Å². The molecule has 0 bridgehead atoms. The highest BCUT2D eigenvalue weighted by Gasteiger charge is 1.83. The molecular weight excluding hydrogens is 112 g/mol. The van der Waals surface area contributed by atoms with E-state index in [0.29, 0.717) is 6.42 Å². The zero-order chi connectivity index (χ0) is 7.11. The van der Waals surface area contributed by atoms with E-state index in [4.69, 9.17) is 5.11 Å². The summed E-state index contributed by atoms with van der Waals surface area (Å²) >= 11 is 0. The van der Waals surface area contributed by atoms with Crippen LogP contribution in [0.5, 0.6) is 0 Å². The molecule has 0 fully saturated rings. The fourth-order valence-corrected chi connectivity index (χ4v) is 0.511. The molecule has 0 saturated carbocycles. The molecule has 0 saturated heterocycles. The van der Waals surface area contributed by atoms with Gasteiger partial charge in [0.2, 0.25) is 0 Å². The Kier molecular flexibility index (Phi) is 5.23. The first-order valence-corrected chi connectivity index (χ1v) is 3.26. The van der Waals surface area contributed by atoms with E-state index in [0.717, 1.165) is 12.0 Å². The van der Waals surface area contributed by atoms with Gasteiger partial charge in [-0.3, -0.25) is 0 Å². The molecule has 1 N–H and O–H groups in total. The molecular formula is C8H14O. The quantitative estimate of drug-likeness (QED) is 0.570. The summed E-state index contributed by atoms with van der Waals surface area (Å²) < 4.78 is 0. The van der Waals surface area contributed by atoms with Crippen LogP contribution in [0.4, 0.5) is 0 Å². The van der Waals surface area contributed by atoms with Gasteiger partial charge < -0.3 is 5.11 Å². The Bertz CT molecular complexity index is 103. The van der Waals surface area contributed by atoms with E-state index < -0.39 is 0 Å². The van der Waals surface area contributed by atoms with E-state index in [-0.39, 0.29) is 6.61 Å². The fourth-order valence-electron chi connectivity index (χ4n) is 0.511. The van der Waals surface area contributed by atoms with Crippen molar-refractivity contribution < 1.29 is 5.11 Å². The molecule has 0 spiro atoms. The average molecular weight is 126 g/mol. The number of aliphatic hydroxyl groups excluding tert-OH is 1. The van der Waals surface area contributed by atoms with Crippen molar-refractivity contribution in [2.24, 2.45) is 0 Å². The second-order valence-electron chi connectivity index (χ2n) is 1.94. The minimum atomic E-state index is 0.201. The Hall–Kier alpha value is -0.560. The summed E-state index contributed by atoms with van der Waals surface area (Å²) in [6.07, 6.45) is 5.72. The normalized spacial score (nSPS) is 10.4. The van der Waals surface area contributed by atoms with Gasteiger partial charge >= 0.3 is 0 Å². The lowest BCUT2D eigenvalue weighted by molar-refractivity contribution is 0.300. The second-order valence-corrected chi connectivity index (χ2v) is 1.94. The van der Waals surface area contributed by atoms with E-state index in [9.17, 15) is 0 Å². The summed E-state index contributed by atoms with van der Waals surface area (Å²) in [6.45, 7) is 6.01. The van der Waals surface area contributed by atoms with Crippen LogP contribution in [-0.2, 0) is 0 Å². The number of hydrogen-bond acceptors (Lipinski definition) is 1. The standard InChI is InChI=1S/C8H14O/c1-3-4-5-8(2)6-7-9/h4-5,9H,2-3,6-7H2,1H3. The number of rotatable bonds is 4. The summed E-state index contributed by atoms with van der Waals surface area (Å²) in [5, 5.41) is 8.44. The van der Waals surface area contributed by atoms with Crippen molar-refractivity contribution in [3.8, 4) is 0 Å². The van der Waals surface area contributed by atoms with Gasteiger partial charge in [0.25, 0.3) is 0 Å². The molecule has 0 unspecified atom stereocenters. The summed E-state index contributed by atoms with van der Waals surface area (Å²) in [7, 11) is 0. The zero-order valence-electron chi connectivity index (χ0n) is 5.93. The molecule has 0 aromatic carbocycles. The van der Waals surface area contributed by atoms with Gasteiger partial charge in [0.1, 0.15) is 0 Å². The van der Waals surface area contributed by atoms with Crippen LogP contribution >= 0.6 is 0 Å². The van der Waals surface area contributed by atoms with E-state index >= 15 is 0 Å². The van der Waals surface area contributed by atoms with Crippen molar-refractivity contribution in [2.45, 2.75) is 19.8 Å². The van der Waals surface area contributed by atoms with Crippen LogP contribution in [0.15, 0.2) is 24.3 Å². The monoisotopic (exact) mass is 126 g/mol. The van der Waals surface area contributed by atoms with Crippen LogP contribution in [-0.4, -0.2) is 11.7 Å². The Labute approximate surface area is 56.7 Å². The van der Waals surface area contributed by atoms with Crippen LogP contribution in [0.3, 0.4) is 0 Å². The molecule has 1 nitrogen and oxygen atoms in total. The molecule has 0 rings (SSSR count). The smallest absolute Gasteiger partial charge is 0.0471 e. The lowest BCUT2D eigenvalue weighted by Gasteiger charge is -1.92. The van der Waals surface area contributed by atoms with Gasteiger partial charge in [-0.05, 0) is 12.8 Å². The number of aliphatic hydroxyl groups is 1. The Morgan fingerprint density at radius 1 is 1.67 bits per heavy atom. The summed E-state index contributed by atoms with van der Waals surface area (Å²) in [4.78, 5) is 0. The first-order valence-electron chi connectivity index (χ1n) is 3.26. The maximum atomic E-state index is 8.44. The van der Waals surface area contributed by atoms with Crippen molar-refractivity contribution in [3.63, 3.8) is 0 Å². The molecule has 9 heavy (non-hydrogen) atoms. The highest BCUT2D eigenvalue weighted by molar-refractivity contribution is 5.13. The molecule has 0 aliphatic carbocycles. The molecule has 0 aromatic heterocycles. The van der Waals surface area contributed by atoms with Gasteiger partial charge in [-0.15, -0.1) is 0 Å². The zero-order valence-corrected chi connectivity index (χ0v) is 5.93. The number of allylic oxidation sites excluding steroid dienone is 2. The van der Waals surface area contributed by atoms with Crippen molar-refractivity contribution in [2.75, 3.05) is 6.61 Å². The molecule has 0 aliphatic heterocycles. The van der Waals surface area contributed by atoms with Gasteiger partial charge in [0.15, 0.2) is 0 Å². The first-order chi connectivity index (χ1) is 4.31. The second kappa shape index (κ2) is 5.57. The minimum absolute atomic E-state index is 0.201. The van der Waals surface area contributed by atoms with E-state index in [2.05, 4.69) is 13.5 Å². The molecule has 52 valence electrons. The third kappa shape index (κ3) is 5.31. The summed E-state index contributed by atoms with van der Waals surface area (Å²) in [6, 6.07) is 0. The lowest BCUT2D eigenvalue weighted by atomic mass is 10.2. The van der Waals surface area contributed by atoms with Crippen molar-refractivity contribution in [1.29, 1.82) is 0 Å². The minimum Gasteiger partial charge on any atom is -0.396 e. The molecule has 0 amide bonds. The molecule has 0 aromatic rings. The van der Waals surface area contributed by atoms with Crippen LogP contribution in [0.2, 0.25) is 0 Å². The highest BCUT2D eigenvalue weighted by Crippen LogP contribution is 1.98. The molecule has 0 aliphatic rings. The van der Waals surface area contributed by atoms with Crippen molar-refractivity contribution in [1.82, 2.24) is 0 Å². The summed E-state index contributed by atoms with van der Waals surface area (Å²) in [5.41, 5.74) is 0.999. The average Bonchev–Trinajstić information content (AvgIpc) is 1.85. The van der Waals surface area contributed by atoms with Gasteiger partial charge in [-0.2, -0.15) is 0 Å². The van der Waals surface area contributed by atoms with Gasteiger partial charge in [-0.1, -0.05) is 31.2 Å². The van der Waals surface area contributed by atoms with Gasteiger partial charge in [0, 0.05) is 6.61 Å². The fraction of sp³-hybridized carbons (Fsp3) is 0.500. The third-order valence-corrected chi connectivity index (χ3v) is 1.02. The Balaban J connectivity index is 3.37. The maximum absolute atomic E-state index is 8.44. The van der Waals surface area contributed by atoms with Gasteiger partial charge in [0.05, 0.1) is 0 Å². The predicted molar refractivity (Wildman–Crippen MR) is 40.3 cm³/mol. The third-order valence-electron chi connectivity index (χ3n) is 1.02. The largest absolute Gasteiger partial charge is 0.396 e. The maximum Gasteiger partial charge on any atom is 0.0471 e. The first kappa shape index (κ1) is 8.44. The number of hydrogen-bond donors (Lipinski definition) is 1. The van der Waals surface area contributed by atoms with E-state index in [1.165, 1.54) is 0 Å². The molecule has 0 radical (unpaired) electrons. The van der Waals surface area contributed by atoms with Crippen LogP contribution in [0, 0.1) is 0 Å². The molecule has 0 heterocycles. The predicted octanol–water partition coefficient (Wildman–Crippen LogP) is 1.89. The highest BCUT2D eigenvalue weighted by atomic mass is 16.2. The van der Waals surface area contributed by atoms with Gasteiger partial charge in [-0.25, -0.2) is 0 Å². The molecule has 0 atom stereocenters. The molecule has 1 heteroatoms. The summed E-state index contributed by atoms with van der Waals surface area (Å²) in [5.74, 6) is 0. The van der Waals surface area contributed by atoms with Crippen LogP contribution in [0.1, 0.15) is 19.8 Å². The van der Waals surface area contributed by atoms with E-state index in [1.54, 1.807) is 0 Å². The topological polar surface area (TPSA) is 20.2 Å². The SMILES string of the molecule is C=C(C=CCC)CCO. The lowest BCUT2D eigenvalue weighted by Crippen LogP contribution is -1.82. The Morgan fingerprint density at radius 2 is 2.33 bits per heavy atom. The Morgan fingerprint density at radius 3 is 2.78 bits per heavy atom.